The standard InChI is InChI=1S/C14H12N4O3S.ClH/c15-22(20,21)18-10-5-3-4-9(8-10)13-11-6-1-2-7-12(11)14(19)17-16-13;/h1-8,18H,(H,17,19)(H2,15,20,21);1H. The quantitative estimate of drug-likeness (QED) is 0.663. The van der Waals surface area contributed by atoms with Gasteiger partial charge >= 0.3 is 0 Å². The number of hydrogen-bond donors (Lipinski definition) is 3. The number of nitrogens with one attached hydrogen (secondary N) is 2. The van der Waals surface area contributed by atoms with Gasteiger partial charge in [0.15, 0.2) is 0 Å². The van der Waals surface area contributed by atoms with Crippen LogP contribution in [0.2, 0.25) is 0 Å². The van der Waals surface area contributed by atoms with E-state index in [1.54, 1.807) is 48.5 Å². The molecule has 2 aromatic carbocycles. The van der Waals surface area contributed by atoms with Crippen molar-refractivity contribution in [3.05, 3.63) is 58.9 Å². The third-order valence-corrected chi connectivity index (χ3v) is 3.61. The predicted molar refractivity (Wildman–Crippen MR) is 91.8 cm³/mol. The third-order valence-electron chi connectivity index (χ3n) is 3.09. The van der Waals surface area contributed by atoms with Crippen LogP contribution < -0.4 is 15.4 Å². The zero-order chi connectivity index (χ0) is 15.7. The second-order valence-corrected chi connectivity index (χ2v) is 5.97. The normalized spacial score (nSPS) is 11.0. The highest BCUT2D eigenvalue weighted by Crippen LogP contribution is 2.26. The topological polar surface area (TPSA) is 118 Å². The first-order valence-corrected chi connectivity index (χ1v) is 7.87. The van der Waals surface area contributed by atoms with Crippen LogP contribution in [-0.4, -0.2) is 18.6 Å². The second-order valence-electron chi connectivity index (χ2n) is 4.67. The van der Waals surface area contributed by atoms with Crippen molar-refractivity contribution in [2.45, 2.75) is 0 Å². The molecule has 0 atom stereocenters. The van der Waals surface area contributed by atoms with Gasteiger partial charge in [-0.2, -0.15) is 13.5 Å². The summed E-state index contributed by atoms with van der Waals surface area (Å²) in [4.78, 5) is 11.8. The van der Waals surface area contributed by atoms with Crippen molar-refractivity contribution in [1.29, 1.82) is 0 Å². The minimum Gasteiger partial charge on any atom is -0.271 e. The van der Waals surface area contributed by atoms with Crippen LogP contribution in [0.4, 0.5) is 5.69 Å². The summed E-state index contributed by atoms with van der Waals surface area (Å²) in [6, 6.07) is 13.7. The van der Waals surface area contributed by atoms with Crippen LogP contribution in [0.25, 0.3) is 22.0 Å². The van der Waals surface area contributed by atoms with Gasteiger partial charge < -0.3 is 0 Å². The Balaban J connectivity index is 0.00000192. The Morgan fingerprint density at radius 2 is 1.74 bits per heavy atom. The van der Waals surface area contributed by atoms with Crippen molar-refractivity contribution >= 4 is 39.1 Å². The fourth-order valence-corrected chi connectivity index (χ4v) is 2.68. The van der Waals surface area contributed by atoms with Crippen LogP contribution in [0, 0.1) is 0 Å². The number of aromatic amines is 1. The molecule has 23 heavy (non-hydrogen) atoms. The van der Waals surface area contributed by atoms with E-state index in [2.05, 4.69) is 14.9 Å². The molecule has 1 aromatic heterocycles. The fourth-order valence-electron chi connectivity index (χ4n) is 2.23. The number of aromatic nitrogens is 2. The number of fused-ring (bicyclic) bond motifs is 1. The van der Waals surface area contributed by atoms with E-state index in [-0.39, 0.29) is 18.0 Å². The van der Waals surface area contributed by atoms with Gasteiger partial charge in [0.2, 0.25) is 0 Å². The highest BCUT2D eigenvalue weighted by atomic mass is 35.5. The molecule has 3 rings (SSSR count). The van der Waals surface area contributed by atoms with Crippen LogP contribution in [0.1, 0.15) is 0 Å². The molecule has 0 bridgehead atoms. The maximum Gasteiger partial charge on any atom is 0.296 e. The second kappa shape index (κ2) is 6.37. The molecular formula is C14H13ClN4O3S. The maximum absolute atomic E-state index is 11.8. The van der Waals surface area contributed by atoms with Crippen molar-refractivity contribution in [3.8, 4) is 11.3 Å². The molecule has 0 aliphatic carbocycles. The van der Waals surface area contributed by atoms with E-state index >= 15 is 0 Å². The molecule has 0 aliphatic heterocycles. The lowest BCUT2D eigenvalue weighted by atomic mass is 10.0. The summed E-state index contributed by atoms with van der Waals surface area (Å²) in [5, 5.41) is 12.7. The van der Waals surface area contributed by atoms with E-state index in [1.165, 1.54) is 0 Å². The number of nitrogens with two attached hydrogens (primary N) is 1. The lowest BCUT2D eigenvalue weighted by Crippen LogP contribution is -2.21. The Bertz CT molecular complexity index is 1020. The van der Waals surface area contributed by atoms with Gasteiger partial charge in [0.25, 0.3) is 15.8 Å². The van der Waals surface area contributed by atoms with Crippen molar-refractivity contribution in [2.24, 2.45) is 5.14 Å². The van der Waals surface area contributed by atoms with E-state index < -0.39 is 10.2 Å². The largest absolute Gasteiger partial charge is 0.296 e. The van der Waals surface area contributed by atoms with Crippen molar-refractivity contribution in [1.82, 2.24) is 10.2 Å². The molecule has 0 spiro atoms. The van der Waals surface area contributed by atoms with Crippen LogP contribution in [0.15, 0.2) is 53.3 Å². The summed E-state index contributed by atoms with van der Waals surface area (Å²) in [6.07, 6.45) is 0. The number of halogens is 1. The van der Waals surface area contributed by atoms with Gasteiger partial charge in [0.1, 0.15) is 0 Å². The van der Waals surface area contributed by atoms with E-state index in [0.717, 1.165) is 0 Å². The smallest absolute Gasteiger partial charge is 0.271 e. The fraction of sp³-hybridized carbons (Fsp3) is 0. The zero-order valence-corrected chi connectivity index (χ0v) is 13.3. The first kappa shape index (κ1) is 16.9. The minimum atomic E-state index is -3.85. The summed E-state index contributed by atoms with van der Waals surface area (Å²) in [6.45, 7) is 0. The SMILES string of the molecule is Cl.NS(=O)(=O)Nc1cccc(-c2n[nH]c(=O)c3ccccc23)c1. The average molecular weight is 353 g/mol. The highest BCUT2D eigenvalue weighted by Gasteiger charge is 2.10. The van der Waals surface area contributed by atoms with Crippen molar-refractivity contribution < 1.29 is 8.42 Å². The summed E-state index contributed by atoms with van der Waals surface area (Å²) >= 11 is 0. The first-order chi connectivity index (χ1) is 10.4. The van der Waals surface area contributed by atoms with Gasteiger partial charge in [0.05, 0.1) is 16.8 Å². The Morgan fingerprint density at radius 1 is 1.04 bits per heavy atom. The molecule has 0 saturated heterocycles. The number of rotatable bonds is 3. The molecule has 4 N–H and O–H groups in total. The zero-order valence-electron chi connectivity index (χ0n) is 11.7. The van der Waals surface area contributed by atoms with Crippen LogP contribution >= 0.6 is 12.4 Å². The highest BCUT2D eigenvalue weighted by molar-refractivity contribution is 7.90. The van der Waals surface area contributed by atoms with Gasteiger partial charge in [-0.25, -0.2) is 10.2 Å². The molecule has 3 aromatic rings. The third kappa shape index (κ3) is 3.67. The van der Waals surface area contributed by atoms with Crippen LogP contribution in [0.3, 0.4) is 0 Å². The number of nitrogens with zero attached hydrogens (tertiary/aromatic N) is 1. The minimum absolute atomic E-state index is 0. The van der Waals surface area contributed by atoms with Gasteiger partial charge in [-0.15, -0.1) is 12.4 Å². The van der Waals surface area contributed by atoms with Crippen molar-refractivity contribution in [3.63, 3.8) is 0 Å². The molecule has 0 aliphatic rings. The number of anilines is 1. The van der Waals surface area contributed by atoms with Gasteiger partial charge in [-0.1, -0.05) is 30.3 Å². The van der Waals surface area contributed by atoms with E-state index in [1.807, 2.05) is 0 Å². The molecule has 0 amide bonds. The molecule has 0 saturated carbocycles. The average Bonchev–Trinajstić information content (AvgIpc) is 2.46. The lowest BCUT2D eigenvalue weighted by molar-refractivity contribution is 0.603. The summed E-state index contributed by atoms with van der Waals surface area (Å²) in [5.41, 5.74) is 1.24. The molecule has 0 radical (unpaired) electrons. The van der Waals surface area contributed by atoms with Gasteiger partial charge in [-0.05, 0) is 18.2 Å². The Hall–Kier alpha value is -2.42. The van der Waals surface area contributed by atoms with Crippen LogP contribution in [-0.2, 0) is 10.2 Å². The Kier molecular flexibility index (Phi) is 4.69. The van der Waals surface area contributed by atoms with E-state index in [4.69, 9.17) is 5.14 Å². The monoisotopic (exact) mass is 352 g/mol. The van der Waals surface area contributed by atoms with E-state index in [0.29, 0.717) is 27.7 Å². The van der Waals surface area contributed by atoms with Crippen LogP contribution in [0.5, 0.6) is 0 Å². The lowest BCUT2D eigenvalue weighted by Gasteiger charge is -2.08. The maximum atomic E-state index is 11.8. The molecule has 7 nitrogen and oxygen atoms in total. The number of benzene rings is 2. The molecule has 1 heterocycles. The predicted octanol–water partition coefficient (Wildman–Crippen LogP) is 1.63. The first-order valence-electron chi connectivity index (χ1n) is 6.32. The molecule has 120 valence electrons. The summed E-state index contributed by atoms with van der Waals surface area (Å²) in [5.74, 6) is 0. The number of hydrogen-bond acceptors (Lipinski definition) is 4. The summed E-state index contributed by atoms with van der Waals surface area (Å²) in [7, 11) is -3.85. The van der Waals surface area contributed by atoms with Crippen molar-refractivity contribution in [2.75, 3.05) is 4.72 Å². The number of H-pyrrole nitrogens is 1. The Morgan fingerprint density at radius 3 is 2.43 bits per heavy atom. The Labute approximate surface area is 138 Å². The van der Waals surface area contributed by atoms with Gasteiger partial charge in [0, 0.05) is 10.9 Å². The molecular weight excluding hydrogens is 340 g/mol. The molecule has 0 fully saturated rings. The van der Waals surface area contributed by atoms with E-state index in [9.17, 15) is 13.2 Å². The molecule has 9 heteroatoms. The molecule has 0 unspecified atom stereocenters. The van der Waals surface area contributed by atoms with Gasteiger partial charge in [-0.3, -0.25) is 9.52 Å². The summed E-state index contributed by atoms with van der Waals surface area (Å²) < 4.78 is 24.4.